The first-order valence-electron chi connectivity index (χ1n) is 4.68. The molecule has 0 aliphatic heterocycles. The zero-order valence-corrected chi connectivity index (χ0v) is 7.53. The summed E-state index contributed by atoms with van der Waals surface area (Å²) in [5.41, 5.74) is 1.90. The molecule has 2 N–H and O–H groups in total. The summed E-state index contributed by atoms with van der Waals surface area (Å²) in [7, 11) is 0. The monoisotopic (exact) mass is 178 g/mol. The molecule has 1 heterocycles. The summed E-state index contributed by atoms with van der Waals surface area (Å²) in [5, 5.41) is 12.3. The minimum absolute atomic E-state index is 0.0789. The fourth-order valence-corrected chi connectivity index (χ4v) is 1.30. The van der Waals surface area contributed by atoms with Gasteiger partial charge >= 0.3 is 0 Å². The minimum Gasteiger partial charge on any atom is -0.392 e. The Morgan fingerprint density at radius 1 is 1.54 bits per heavy atom. The average molecular weight is 178 g/mol. The van der Waals surface area contributed by atoms with Crippen molar-refractivity contribution in [2.45, 2.75) is 19.4 Å². The van der Waals surface area contributed by atoms with Crippen molar-refractivity contribution >= 4 is 5.69 Å². The molecule has 3 heteroatoms. The Morgan fingerprint density at radius 3 is 3.08 bits per heavy atom. The molecule has 1 aliphatic carbocycles. The van der Waals surface area contributed by atoms with Crippen LogP contribution in [-0.2, 0) is 6.61 Å². The van der Waals surface area contributed by atoms with Gasteiger partial charge < -0.3 is 10.4 Å². The number of aliphatic hydroxyl groups is 1. The third-order valence-electron chi connectivity index (χ3n) is 2.36. The molecule has 70 valence electrons. The van der Waals surface area contributed by atoms with Gasteiger partial charge in [-0.1, -0.05) is 0 Å². The van der Waals surface area contributed by atoms with E-state index in [4.69, 9.17) is 5.11 Å². The molecule has 1 aromatic rings. The van der Waals surface area contributed by atoms with Gasteiger partial charge in [0.05, 0.1) is 18.5 Å². The van der Waals surface area contributed by atoms with E-state index in [1.54, 1.807) is 12.4 Å². The average Bonchev–Trinajstić information content (AvgIpc) is 2.99. The van der Waals surface area contributed by atoms with Crippen molar-refractivity contribution < 1.29 is 5.11 Å². The lowest BCUT2D eigenvalue weighted by atomic mass is 10.2. The maximum atomic E-state index is 9.03. The first-order valence-corrected chi connectivity index (χ1v) is 4.68. The van der Waals surface area contributed by atoms with Crippen molar-refractivity contribution in [1.82, 2.24) is 4.98 Å². The number of anilines is 1. The Morgan fingerprint density at radius 2 is 2.38 bits per heavy atom. The van der Waals surface area contributed by atoms with E-state index in [9.17, 15) is 0 Å². The van der Waals surface area contributed by atoms with Crippen LogP contribution in [0.5, 0.6) is 0 Å². The zero-order valence-electron chi connectivity index (χ0n) is 7.53. The van der Waals surface area contributed by atoms with Gasteiger partial charge in [0.2, 0.25) is 0 Å². The van der Waals surface area contributed by atoms with Crippen LogP contribution in [0.4, 0.5) is 5.69 Å². The van der Waals surface area contributed by atoms with E-state index in [1.807, 2.05) is 6.07 Å². The van der Waals surface area contributed by atoms with Gasteiger partial charge in [0, 0.05) is 18.3 Å². The molecular weight excluding hydrogens is 164 g/mol. The van der Waals surface area contributed by atoms with Crippen LogP contribution in [0, 0.1) is 5.92 Å². The highest BCUT2D eigenvalue weighted by molar-refractivity contribution is 5.48. The van der Waals surface area contributed by atoms with Crippen LogP contribution < -0.4 is 5.32 Å². The largest absolute Gasteiger partial charge is 0.392 e. The van der Waals surface area contributed by atoms with Crippen LogP contribution >= 0.6 is 0 Å². The fourth-order valence-electron chi connectivity index (χ4n) is 1.30. The van der Waals surface area contributed by atoms with E-state index < -0.39 is 0 Å². The second kappa shape index (κ2) is 3.75. The lowest BCUT2D eigenvalue weighted by Gasteiger charge is -2.08. The molecule has 0 atom stereocenters. The summed E-state index contributed by atoms with van der Waals surface area (Å²) in [4.78, 5) is 4.02. The highest BCUT2D eigenvalue weighted by atomic mass is 16.3. The van der Waals surface area contributed by atoms with Gasteiger partial charge in [-0.15, -0.1) is 0 Å². The highest BCUT2D eigenvalue weighted by Gasteiger charge is 2.20. The van der Waals surface area contributed by atoms with E-state index >= 15 is 0 Å². The quantitative estimate of drug-likeness (QED) is 0.732. The number of nitrogens with zero attached hydrogens (tertiary/aromatic N) is 1. The van der Waals surface area contributed by atoms with Crippen molar-refractivity contribution in [2.75, 3.05) is 11.9 Å². The molecule has 1 saturated carbocycles. The Labute approximate surface area is 77.8 Å². The molecule has 0 saturated heterocycles. The smallest absolute Gasteiger partial charge is 0.0703 e. The molecule has 0 bridgehead atoms. The SMILES string of the molecule is OCc1ccncc1NCC1CC1. The molecule has 2 rings (SSSR count). The predicted molar refractivity (Wildman–Crippen MR) is 51.4 cm³/mol. The van der Waals surface area contributed by atoms with Crippen LogP contribution in [0.2, 0.25) is 0 Å². The van der Waals surface area contributed by atoms with Crippen LogP contribution in [0.15, 0.2) is 18.5 Å². The molecule has 0 unspecified atom stereocenters. The zero-order chi connectivity index (χ0) is 9.10. The fraction of sp³-hybridized carbons (Fsp3) is 0.500. The van der Waals surface area contributed by atoms with Crippen molar-refractivity contribution in [1.29, 1.82) is 0 Å². The van der Waals surface area contributed by atoms with E-state index in [0.29, 0.717) is 0 Å². The standard InChI is InChI=1S/C10H14N2O/c13-7-9-3-4-11-6-10(9)12-5-8-1-2-8/h3-4,6,8,12-13H,1-2,5,7H2. The van der Waals surface area contributed by atoms with Crippen LogP contribution in [0.3, 0.4) is 0 Å². The van der Waals surface area contributed by atoms with Crippen LogP contribution in [0.25, 0.3) is 0 Å². The molecule has 1 aromatic heterocycles. The van der Waals surface area contributed by atoms with E-state index in [2.05, 4.69) is 10.3 Å². The summed E-state index contributed by atoms with van der Waals surface area (Å²) in [6.45, 7) is 1.09. The molecule has 1 fully saturated rings. The van der Waals surface area contributed by atoms with Gasteiger partial charge in [-0.3, -0.25) is 4.98 Å². The first kappa shape index (κ1) is 8.51. The third-order valence-corrected chi connectivity index (χ3v) is 2.36. The van der Waals surface area contributed by atoms with Crippen molar-refractivity contribution in [3.05, 3.63) is 24.0 Å². The van der Waals surface area contributed by atoms with Gasteiger partial charge in [-0.05, 0) is 24.8 Å². The lowest BCUT2D eigenvalue weighted by molar-refractivity contribution is 0.282. The third kappa shape index (κ3) is 2.18. The molecule has 13 heavy (non-hydrogen) atoms. The Bertz CT molecular complexity index is 284. The number of nitrogens with one attached hydrogen (secondary N) is 1. The molecule has 1 aliphatic rings. The number of aromatic nitrogens is 1. The van der Waals surface area contributed by atoms with Gasteiger partial charge in [-0.2, -0.15) is 0 Å². The van der Waals surface area contributed by atoms with Crippen molar-refractivity contribution in [3.63, 3.8) is 0 Å². The minimum atomic E-state index is 0.0789. The van der Waals surface area contributed by atoms with E-state index in [0.717, 1.165) is 23.7 Å². The van der Waals surface area contributed by atoms with E-state index in [-0.39, 0.29) is 6.61 Å². The van der Waals surface area contributed by atoms with Crippen molar-refractivity contribution in [2.24, 2.45) is 5.92 Å². The molecule has 0 spiro atoms. The first-order chi connectivity index (χ1) is 6.40. The van der Waals surface area contributed by atoms with E-state index in [1.165, 1.54) is 12.8 Å². The van der Waals surface area contributed by atoms with Crippen molar-refractivity contribution in [3.8, 4) is 0 Å². The predicted octanol–water partition coefficient (Wildman–Crippen LogP) is 1.40. The normalized spacial score (nSPS) is 15.8. The highest BCUT2D eigenvalue weighted by Crippen LogP contribution is 2.29. The number of hydrogen-bond donors (Lipinski definition) is 2. The number of pyridine rings is 1. The topological polar surface area (TPSA) is 45.2 Å². The summed E-state index contributed by atoms with van der Waals surface area (Å²) >= 11 is 0. The number of aliphatic hydroxyl groups excluding tert-OH is 1. The Hall–Kier alpha value is -1.09. The molecule has 0 radical (unpaired) electrons. The van der Waals surface area contributed by atoms with Gasteiger partial charge in [0.15, 0.2) is 0 Å². The molecule has 0 amide bonds. The summed E-state index contributed by atoms with van der Waals surface area (Å²) in [6.07, 6.45) is 6.14. The van der Waals surface area contributed by atoms with Gasteiger partial charge in [0.25, 0.3) is 0 Å². The van der Waals surface area contributed by atoms with Gasteiger partial charge in [0.1, 0.15) is 0 Å². The Kier molecular flexibility index (Phi) is 2.45. The molecule has 3 nitrogen and oxygen atoms in total. The molecule has 0 aromatic carbocycles. The summed E-state index contributed by atoms with van der Waals surface area (Å²) in [5.74, 6) is 0.840. The summed E-state index contributed by atoms with van der Waals surface area (Å²) in [6, 6.07) is 1.84. The maximum Gasteiger partial charge on any atom is 0.0703 e. The van der Waals surface area contributed by atoms with Crippen LogP contribution in [-0.4, -0.2) is 16.6 Å². The molecular formula is C10H14N2O. The lowest BCUT2D eigenvalue weighted by Crippen LogP contribution is -2.05. The second-order valence-corrected chi connectivity index (χ2v) is 3.52. The summed E-state index contributed by atoms with van der Waals surface area (Å²) < 4.78 is 0. The number of rotatable bonds is 4. The van der Waals surface area contributed by atoms with Gasteiger partial charge in [-0.25, -0.2) is 0 Å². The van der Waals surface area contributed by atoms with Crippen LogP contribution in [0.1, 0.15) is 18.4 Å². The maximum absolute atomic E-state index is 9.03. The number of hydrogen-bond acceptors (Lipinski definition) is 3. The Balaban J connectivity index is 1.99. The second-order valence-electron chi connectivity index (χ2n) is 3.52.